The average Bonchev–Trinajstić information content (AvgIpc) is 3.03. The highest BCUT2D eigenvalue weighted by molar-refractivity contribution is 5.91. The van der Waals surface area contributed by atoms with Gasteiger partial charge in [-0.25, -0.2) is 0 Å². The van der Waals surface area contributed by atoms with E-state index in [4.69, 9.17) is 9.47 Å². The van der Waals surface area contributed by atoms with E-state index >= 15 is 0 Å². The highest BCUT2D eigenvalue weighted by Crippen LogP contribution is 2.69. The van der Waals surface area contributed by atoms with Crippen LogP contribution in [0.15, 0.2) is 11.6 Å². The normalized spacial score (nSPS) is 42.9. The fraction of sp³-hybridized carbons (Fsp3) is 0.815. The number of ketones is 1. The molecule has 0 amide bonds. The van der Waals surface area contributed by atoms with Gasteiger partial charge in [-0.3, -0.25) is 14.4 Å². The van der Waals surface area contributed by atoms with Crippen molar-refractivity contribution in [2.45, 2.75) is 98.0 Å². The molecule has 3 saturated carbocycles. The smallest absolute Gasteiger partial charge is 0.306 e. The van der Waals surface area contributed by atoms with Gasteiger partial charge in [0, 0.05) is 30.1 Å². The molecule has 0 saturated heterocycles. The van der Waals surface area contributed by atoms with E-state index < -0.39 is 5.60 Å². The van der Waals surface area contributed by atoms with E-state index in [2.05, 4.69) is 20.8 Å². The molecular weight excluding hydrogens is 404 g/mol. The number of carbonyl (C=O) groups excluding carboxylic acids is 3. The second-order valence-corrected chi connectivity index (χ2v) is 11.3. The van der Waals surface area contributed by atoms with Crippen LogP contribution in [0.3, 0.4) is 0 Å². The van der Waals surface area contributed by atoms with Crippen molar-refractivity contribution in [3.8, 4) is 0 Å². The lowest BCUT2D eigenvalue weighted by atomic mass is 9.44. The van der Waals surface area contributed by atoms with Gasteiger partial charge in [0.25, 0.3) is 0 Å². The molecule has 0 N–H and O–H groups in total. The minimum atomic E-state index is -0.417. The lowest BCUT2D eigenvalue weighted by Crippen LogP contribution is -2.57. The van der Waals surface area contributed by atoms with Gasteiger partial charge >= 0.3 is 11.9 Å². The van der Waals surface area contributed by atoms with E-state index in [0.717, 1.165) is 38.5 Å². The largest absolute Gasteiger partial charge is 0.465 e. The molecule has 4 aliphatic rings. The van der Waals surface area contributed by atoms with Crippen LogP contribution in [-0.2, 0) is 23.9 Å². The number of hydrogen-bond donors (Lipinski definition) is 0. The zero-order valence-electron chi connectivity index (χ0n) is 20.5. The number of esters is 2. The van der Waals surface area contributed by atoms with Crippen molar-refractivity contribution in [1.29, 1.82) is 0 Å². The molecule has 0 aromatic heterocycles. The van der Waals surface area contributed by atoms with Crippen LogP contribution in [0.4, 0.5) is 0 Å². The fourth-order valence-electron chi connectivity index (χ4n) is 8.04. The fourth-order valence-corrected chi connectivity index (χ4v) is 8.04. The van der Waals surface area contributed by atoms with Gasteiger partial charge in [-0.15, -0.1) is 0 Å². The molecular formula is C27H40O5. The van der Waals surface area contributed by atoms with Crippen molar-refractivity contribution >= 4 is 17.7 Å². The number of rotatable bonds is 5. The van der Waals surface area contributed by atoms with Crippen LogP contribution in [0.1, 0.15) is 92.4 Å². The summed E-state index contributed by atoms with van der Waals surface area (Å²) in [5, 5.41) is 0. The molecule has 0 aromatic rings. The zero-order chi connectivity index (χ0) is 23.3. The van der Waals surface area contributed by atoms with Crippen molar-refractivity contribution in [3.05, 3.63) is 11.6 Å². The minimum absolute atomic E-state index is 0.0360. The molecule has 4 aliphatic carbocycles. The zero-order valence-corrected chi connectivity index (χ0v) is 20.5. The number of fused-ring (bicyclic) bond motifs is 5. The molecule has 0 bridgehead atoms. The summed E-state index contributed by atoms with van der Waals surface area (Å²) in [5.41, 5.74) is 0.549. The van der Waals surface area contributed by atoms with Gasteiger partial charge in [0.2, 0.25) is 0 Å². The van der Waals surface area contributed by atoms with E-state index in [1.54, 1.807) is 0 Å². The highest BCUT2D eigenvalue weighted by Gasteiger charge is 2.65. The summed E-state index contributed by atoms with van der Waals surface area (Å²) in [6, 6.07) is 0. The van der Waals surface area contributed by atoms with E-state index in [0.29, 0.717) is 49.5 Å². The first kappa shape index (κ1) is 23.5. The van der Waals surface area contributed by atoms with Crippen LogP contribution in [0.5, 0.6) is 0 Å². The van der Waals surface area contributed by atoms with Crippen LogP contribution >= 0.6 is 0 Å². The average molecular weight is 445 g/mol. The maximum Gasteiger partial charge on any atom is 0.306 e. The van der Waals surface area contributed by atoms with Crippen LogP contribution in [0, 0.1) is 34.5 Å². The first-order valence-electron chi connectivity index (χ1n) is 12.7. The van der Waals surface area contributed by atoms with E-state index in [1.807, 2.05) is 19.9 Å². The molecule has 0 unspecified atom stereocenters. The molecule has 32 heavy (non-hydrogen) atoms. The third kappa shape index (κ3) is 3.45. The van der Waals surface area contributed by atoms with Crippen molar-refractivity contribution in [2.24, 2.45) is 34.5 Å². The predicted octanol–water partition coefficient (Wildman–Crippen LogP) is 5.41. The predicted molar refractivity (Wildman–Crippen MR) is 122 cm³/mol. The van der Waals surface area contributed by atoms with Crippen LogP contribution < -0.4 is 0 Å². The first-order chi connectivity index (χ1) is 15.1. The number of hydrogen-bond acceptors (Lipinski definition) is 5. The van der Waals surface area contributed by atoms with Crippen molar-refractivity contribution in [2.75, 3.05) is 6.61 Å². The molecule has 7 atom stereocenters. The van der Waals surface area contributed by atoms with Gasteiger partial charge in [-0.05, 0) is 75.2 Å². The maximum atomic E-state index is 12.4. The Bertz CT molecular complexity index is 830. The van der Waals surface area contributed by atoms with Crippen LogP contribution in [0.2, 0.25) is 0 Å². The number of carbonyl (C=O) groups is 3. The molecule has 5 nitrogen and oxygen atoms in total. The minimum Gasteiger partial charge on any atom is -0.465 e. The standard InChI is InChI=1S/C27H40O5/c1-6-23(29)31-16-27-13-8-18(28)15-22(27)17(3)14-19-20-10-12-26(5,32-24(30)7-2)25(20,4)11-9-21(19)27/h15,17,19-21H,6-14,16H2,1-5H3/t17-,19-,20-,21-,25-,26-,27-/m0/s1. The molecule has 0 aliphatic heterocycles. The second kappa shape index (κ2) is 8.29. The summed E-state index contributed by atoms with van der Waals surface area (Å²) in [7, 11) is 0. The summed E-state index contributed by atoms with van der Waals surface area (Å²) in [6.07, 6.45) is 9.07. The lowest BCUT2D eigenvalue weighted by molar-refractivity contribution is -0.182. The Balaban J connectivity index is 1.69. The third-order valence-electron chi connectivity index (χ3n) is 9.95. The third-order valence-corrected chi connectivity index (χ3v) is 9.95. The Morgan fingerprint density at radius 2 is 1.72 bits per heavy atom. The van der Waals surface area contributed by atoms with Gasteiger partial charge in [0.05, 0.1) is 0 Å². The SMILES string of the molecule is CCC(=O)OC[C@]12CCC(=O)C=C1[C@@H](C)C[C@@H]1[C@@H]2CC[C@@]2(C)[C@H]1CC[C@]2(C)OC(=O)CC. The molecule has 0 aromatic carbocycles. The van der Waals surface area contributed by atoms with Gasteiger partial charge in [0.1, 0.15) is 12.2 Å². The van der Waals surface area contributed by atoms with Gasteiger partial charge in [-0.1, -0.05) is 33.3 Å². The van der Waals surface area contributed by atoms with Crippen molar-refractivity contribution in [1.82, 2.24) is 0 Å². The van der Waals surface area contributed by atoms with Crippen LogP contribution in [-0.4, -0.2) is 29.9 Å². The van der Waals surface area contributed by atoms with Gasteiger partial charge in [-0.2, -0.15) is 0 Å². The summed E-state index contributed by atoms with van der Waals surface area (Å²) < 4.78 is 11.9. The maximum absolute atomic E-state index is 12.4. The van der Waals surface area contributed by atoms with Gasteiger partial charge in [0.15, 0.2) is 5.78 Å². The lowest BCUT2D eigenvalue weighted by Gasteiger charge is -2.61. The van der Waals surface area contributed by atoms with Gasteiger partial charge < -0.3 is 9.47 Å². The molecule has 178 valence electrons. The summed E-state index contributed by atoms with van der Waals surface area (Å²) >= 11 is 0. The summed E-state index contributed by atoms with van der Waals surface area (Å²) in [6.45, 7) is 10.8. The monoisotopic (exact) mass is 444 g/mol. The second-order valence-electron chi connectivity index (χ2n) is 11.3. The molecule has 5 heteroatoms. The van der Waals surface area contributed by atoms with Crippen LogP contribution in [0.25, 0.3) is 0 Å². The molecule has 4 rings (SSSR count). The van der Waals surface area contributed by atoms with Crippen molar-refractivity contribution in [3.63, 3.8) is 0 Å². The van der Waals surface area contributed by atoms with Crippen molar-refractivity contribution < 1.29 is 23.9 Å². The molecule has 0 spiro atoms. The molecule has 0 radical (unpaired) electrons. The highest BCUT2D eigenvalue weighted by atomic mass is 16.6. The molecule has 3 fully saturated rings. The number of ether oxygens (including phenoxy) is 2. The van der Waals surface area contributed by atoms with E-state index in [-0.39, 0.29) is 28.6 Å². The quantitative estimate of drug-likeness (QED) is 0.530. The molecule has 0 heterocycles. The Morgan fingerprint density at radius 1 is 1.03 bits per heavy atom. The summed E-state index contributed by atoms with van der Waals surface area (Å²) in [4.78, 5) is 36.8. The first-order valence-corrected chi connectivity index (χ1v) is 12.7. The Hall–Kier alpha value is -1.65. The Kier molecular flexibility index (Phi) is 6.09. The Morgan fingerprint density at radius 3 is 2.41 bits per heavy atom. The summed E-state index contributed by atoms with van der Waals surface area (Å²) in [5.74, 6) is 1.63. The topological polar surface area (TPSA) is 69.7 Å². The van der Waals surface area contributed by atoms with E-state index in [1.165, 1.54) is 5.57 Å². The van der Waals surface area contributed by atoms with E-state index in [9.17, 15) is 14.4 Å². The Labute approximate surface area is 192 Å².